The van der Waals surface area contributed by atoms with Crippen LogP contribution >= 0.6 is 0 Å². The van der Waals surface area contributed by atoms with E-state index in [2.05, 4.69) is 15.1 Å². The highest BCUT2D eigenvalue weighted by molar-refractivity contribution is 5.92. The Kier molecular flexibility index (Phi) is 6.17. The molecule has 0 fully saturated rings. The van der Waals surface area contributed by atoms with E-state index in [1.54, 1.807) is 46.0 Å². The summed E-state index contributed by atoms with van der Waals surface area (Å²) >= 11 is 0. The number of fused-ring (bicyclic) bond motifs is 1. The third-order valence-electron chi connectivity index (χ3n) is 5.51. The number of aromatic nitrogens is 4. The Morgan fingerprint density at radius 2 is 1.88 bits per heavy atom. The van der Waals surface area contributed by atoms with E-state index in [0.717, 1.165) is 22.6 Å². The highest BCUT2D eigenvalue weighted by atomic mass is 19.1. The van der Waals surface area contributed by atoms with Crippen LogP contribution in [-0.2, 0) is 11.3 Å². The number of halogens is 1. The van der Waals surface area contributed by atoms with Crippen molar-refractivity contribution in [1.82, 2.24) is 24.6 Å². The van der Waals surface area contributed by atoms with Crippen LogP contribution in [-0.4, -0.2) is 37.1 Å². The Morgan fingerprint density at radius 3 is 2.61 bits per heavy atom. The molecule has 0 unspecified atom stereocenters. The van der Waals surface area contributed by atoms with Gasteiger partial charge in [-0.05, 0) is 63.2 Å². The zero-order valence-corrected chi connectivity index (χ0v) is 18.7. The number of hydrogen-bond donors (Lipinski definition) is 1. The summed E-state index contributed by atoms with van der Waals surface area (Å²) < 4.78 is 15.0. The highest BCUT2D eigenvalue weighted by Gasteiger charge is 2.14. The number of H-pyrrole nitrogens is 1. The van der Waals surface area contributed by atoms with Crippen molar-refractivity contribution in [2.75, 3.05) is 6.54 Å². The maximum absolute atomic E-state index is 13.3. The van der Waals surface area contributed by atoms with E-state index in [0.29, 0.717) is 23.3 Å². The fourth-order valence-corrected chi connectivity index (χ4v) is 3.73. The van der Waals surface area contributed by atoms with E-state index in [1.165, 1.54) is 18.2 Å². The summed E-state index contributed by atoms with van der Waals surface area (Å²) in [6, 6.07) is 13.2. The standard InChI is InChI=1S/C25H24FN5O2/c1-4-30(15-23-27-22-8-6-5-7-21(22)25(33)28-23)24(32)14-13-20-16(2)29-31(17(20)3)19-11-9-18(26)10-12-19/h5-14H,4,15H2,1-3H3,(H,27,28,33)/b14-13+. The first-order chi connectivity index (χ1) is 15.9. The summed E-state index contributed by atoms with van der Waals surface area (Å²) in [4.78, 5) is 34.0. The number of para-hydroxylation sites is 1. The number of aromatic amines is 1. The summed E-state index contributed by atoms with van der Waals surface area (Å²) in [6.45, 7) is 6.26. The molecule has 4 rings (SSSR count). The lowest BCUT2D eigenvalue weighted by atomic mass is 10.1. The molecular weight excluding hydrogens is 421 g/mol. The molecule has 0 aliphatic rings. The third kappa shape index (κ3) is 4.59. The number of carbonyl (C=O) groups excluding carboxylic acids is 1. The van der Waals surface area contributed by atoms with Gasteiger partial charge in [0, 0.05) is 23.9 Å². The first-order valence-corrected chi connectivity index (χ1v) is 10.6. The molecule has 0 spiro atoms. The Hall–Kier alpha value is -4.07. The first-order valence-electron chi connectivity index (χ1n) is 10.6. The Morgan fingerprint density at radius 1 is 1.15 bits per heavy atom. The lowest BCUT2D eigenvalue weighted by Gasteiger charge is -2.18. The number of benzene rings is 2. The molecule has 0 aliphatic carbocycles. The van der Waals surface area contributed by atoms with Gasteiger partial charge in [0.15, 0.2) is 0 Å². The van der Waals surface area contributed by atoms with Crippen molar-refractivity contribution in [2.45, 2.75) is 27.3 Å². The predicted octanol–water partition coefficient (Wildman–Crippen LogP) is 3.93. The van der Waals surface area contributed by atoms with Gasteiger partial charge in [-0.15, -0.1) is 0 Å². The molecule has 0 atom stereocenters. The second-order valence-corrected chi connectivity index (χ2v) is 7.69. The molecule has 33 heavy (non-hydrogen) atoms. The fraction of sp³-hybridized carbons (Fsp3) is 0.200. The normalized spacial score (nSPS) is 11.4. The lowest BCUT2D eigenvalue weighted by Crippen LogP contribution is -2.30. The molecule has 4 aromatic rings. The largest absolute Gasteiger partial charge is 0.332 e. The number of aryl methyl sites for hydroxylation is 1. The van der Waals surface area contributed by atoms with E-state index in [-0.39, 0.29) is 23.8 Å². The van der Waals surface area contributed by atoms with Gasteiger partial charge in [-0.25, -0.2) is 14.1 Å². The van der Waals surface area contributed by atoms with Crippen LogP contribution in [0.1, 0.15) is 29.7 Å². The summed E-state index contributed by atoms with van der Waals surface area (Å²) in [5.74, 6) is -0.0895. The number of nitrogens with one attached hydrogen (secondary N) is 1. The molecule has 2 aromatic heterocycles. The van der Waals surface area contributed by atoms with Crippen LogP contribution in [0.4, 0.5) is 4.39 Å². The number of likely N-dealkylation sites (N-methyl/N-ethyl adjacent to an activating group) is 1. The van der Waals surface area contributed by atoms with Crippen molar-refractivity contribution in [3.05, 3.63) is 93.6 Å². The van der Waals surface area contributed by atoms with Crippen molar-refractivity contribution in [1.29, 1.82) is 0 Å². The monoisotopic (exact) mass is 445 g/mol. The summed E-state index contributed by atoms with van der Waals surface area (Å²) in [6.07, 6.45) is 3.23. The topological polar surface area (TPSA) is 83.9 Å². The van der Waals surface area contributed by atoms with Crippen LogP contribution in [0.15, 0.2) is 59.4 Å². The maximum atomic E-state index is 13.3. The first kappa shape index (κ1) is 22.1. The third-order valence-corrected chi connectivity index (χ3v) is 5.51. The molecule has 1 amide bonds. The average molecular weight is 445 g/mol. The van der Waals surface area contributed by atoms with Gasteiger partial charge in [-0.1, -0.05) is 12.1 Å². The molecule has 7 nitrogen and oxygen atoms in total. The van der Waals surface area contributed by atoms with Crippen LogP contribution in [0.25, 0.3) is 22.7 Å². The van der Waals surface area contributed by atoms with Gasteiger partial charge >= 0.3 is 0 Å². The van der Waals surface area contributed by atoms with Crippen LogP contribution in [0.2, 0.25) is 0 Å². The number of amides is 1. The van der Waals surface area contributed by atoms with Gasteiger partial charge in [0.1, 0.15) is 11.6 Å². The molecule has 1 N–H and O–H groups in total. The Labute approximate surface area is 190 Å². The number of carbonyl (C=O) groups is 1. The Bertz CT molecular complexity index is 1400. The molecule has 0 bridgehead atoms. The summed E-state index contributed by atoms with van der Waals surface area (Å²) in [7, 11) is 0. The summed E-state index contributed by atoms with van der Waals surface area (Å²) in [5.41, 5.74) is 3.52. The van der Waals surface area contributed by atoms with Crippen molar-refractivity contribution >= 4 is 22.9 Å². The number of rotatable bonds is 6. The van der Waals surface area contributed by atoms with E-state index in [1.807, 2.05) is 26.8 Å². The minimum Gasteiger partial charge on any atom is -0.332 e. The zero-order chi connectivity index (χ0) is 23.5. The zero-order valence-electron chi connectivity index (χ0n) is 18.7. The van der Waals surface area contributed by atoms with Crippen molar-refractivity contribution < 1.29 is 9.18 Å². The predicted molar refractivity (Wildman–Crippen MR) is 125 cm³/mol. The average Bonchev–Trinajstić information content (AvgIpc) is 3.09. The molecule has 0 aliphatic heterocycles. The van der Waals surface area contributed by atoms with E-state index in [9.17, 15) is 14.0 Å². The lowest BCUT2D eigenvalue weighted by molar-refractivity contribution is -0.126. The molecular formula is C25H24FN5O2. The van der Waals surface area contributed by atoms with E-state index < -0.39 is 0 Å². The van der Waals surface area contributed by atoms with Crippen molar-refractivity contribution in [3.8, 4) is 5.69 Å². The van der Waals surface area contributed by atoms with Crippen LogP contribution in [0.3, 0.4) is 0 Å². The molecule has 2 aromatic carbocycles. The fourth-order valence-electron chi connectivity index (χ4n) is 3.73. The second kappa shape index (κ2) is 9.20. The van der Waals surface area contributed by atoms with Crippen LogP contribution < -0.4 is 5.56 Å². The highest BCUT2D eigenvalue weighted by Crippen LogP contribution is 2.20. The van der Waals surface area contributed by atoms with Gasteiger partial charge in [0.05, 0.1) is 28.8 Å². The van der Waals surface area contributed by atoms with Crippen LogP contribution in [0.5, 0.6) is 0 Å². The summed E-state index contributed by atoms with van der Waals surface area (Å²) in [5, 5.41) is 5.04. The van der Waals surface area contributed by atoms with Crippen LogP contribution in [0, 0.1) is 19.7 Å². The van der Waals surface area contributed by atoms with E-state index >= 15 is 0 Å². The number of hydrogen-bond acceptors (Lipinski definition) is 4. The van der Waals surface area contributed by atoms with Crippen molar-refractivity contribution in [2.24, 2.45) is 0 Å². The molecule has 8 heteroatoms. The minimum absolute atomic E-state index is 0.187. The van der Waals surface area contributed by atoms with Crippen molar-refractivity contribution in [3.63, 3.8) is 0 Å². The smallest absolute Gasteiger partial charge is 0.258 e. The van der Waals surface area contributed by atoms with Gasteiger partial charge in [-0.3, -0.25) is 9.59 Å². The van der Waals surface area contributed by atoms with Gasteiger partial charge < -0.3 is 9.88 Å². The minimum atomic E-state index is -0.312. The molecule has 2 heterocycles. The second-order valence-electron chi connectivity index (χ2n) is 7.69. The molecule has 0 radical (unpaired) electrons. The van der Waals surface area contributed by atoms with Gasteiger partial charge in [0.25, 0.3) is 5.56 Å². The SMILES string of the molecule is CCN(Cc1nc2ccccc2c(=O)[nH]1)C(=O)/C=C/c1c(C)nn(-c2ccc(F)cc2)c1C. The Balaban J connectivity index is 1.55. The number of nitrogens with zero attached hydrogens (tertiary/aromatic N) is 4. The van der Waals surface area contributed by atoms with E-state index in [4.69, 9.17) is 0 Å². The van der Waals surface area contributed by atoms with Gasteiger partial charge in [-0.2, -0.15) is 5.10 Å². The van der Waals surface area contributed by atoms with Gasteiger partial charge in [0.2, 0.25) is 5.91 Å². The molecule has 0 saturated heterocycles. The molecule has 0 saturated carbocycles. The maximum Gasteiger partial charge on any atom is 0.258 e. The molecule has 168 valence electrons. The quantitative estimate of drug-likeness (QED) is 0.456.